The second-order valence-electron chi connectivity index (χ2n) is 5.99. The molecule has 0 fully saturated rings. The van der Waals surface area contributed by atoms with Gasteiger partial charge in [-0.1, -0.05) is 26.8 Å². The van der Waals surface area contributed by atoms with Crippen LogP contribution in [0.3, 0.4) is 0 Å². The summed E-state index contributed by atoms with van der Waals surface area (Å²) in [6.45, 7) is 8.23. The Morgan fingerprint density at radius 3 is 2.88 bits per heavy atom. The summed E-state index contributed by atoms with van der Waals surface area (Å²) >= 11 is 0. The monoisotopic (exact) mass is 331 g/mol. The lowest BCUT2D eigenvalue weighted by atomic mass is 10.00. The van der Waals surface area contributed by atoms with Crippen molar-refractivity contribution in [2.24, 2.45) is 0 Å². The number of nitrogens with zero attached hydrogens (tertiary/aromatic N) is 4. The first-order valence-electron chi connectivity index (χ1n) is 8.48. The first-order chi connectivity index (χ1) is 12.1. The molecule has 5 nitrogen and oxygen atoms in total. The van der Waals surface area contributed by atoms with E-state index in [0.717, 1.165) is 53.0 Å². The van der Waals surface area contributed by atoms with E-state index in [1.54, 1.807) is 6.20 Å². The van der Waals surface area contributed by atoms with Crippen molar-refractivity contribution in [3.05, 3.63) is 60.2 Å². The van der Waals surface area contributed by atoms with Crippen LogP contribution in [0.5, 0.6) is 0 Å². The summed E-state index contributed by atoms with van der Waals surface area (Å²) in [6.07, 6.45) is 6.56. The Morgan fingerprint density at radius 2 is 2.16 bits per heavy atom. The molecule has 0 spiro atoms. The van der Waals surface area contributed by atoms with E-state index in [0.29, 0.717) is 5.69 Å². The molecule has 5 heteroatoms. The van der Waals surface area contributed by atoms with Crippen LogP contribution in [0.1, 0.15) is 37.9 Å². The summed E-state index contributed by atoms with van der Waals surface area (Å²) in [4.78, 5) is 4.17. The fraction of sp³-hybridized carbons (Fsp3) is 0.250. The number of rotatable bonds is 6. The molecule has 0 aromatic carbocycles. The Balaban J connectivity index is 1.99. The highest BCUT2D eigenvalue weighted by atomic mass is 15.3. The minimum Gasteiger partial charge on any atom is -0.343 e. The van der Waals surface area contributed by atoms with Gasteiger partial charge in [0.2, 0.25) is 0 Å². The predicted molar refractivity (Wildman–Crippen MR) is 100 cm³/mol. The van der Waals surface area contributed by atoms with Crippen molar-refractivity contribution in [3.8, 4) is 17.2 Å². The Kier molecular flexibility index (Phi) is 4.80. The van der Waals surface area contributed by atoms with E-state index < -0.39 is 0 Å². The van der Waals surface area contributed by atoms with Crippen LogP contribution in [0.25, 0.3) is 16.6 Å². The second-order valence-corrected chi connectivity index (χ2v) is 5.99. The molecule has 0 aliphatic rings. The molecule has 3 aromatic heterocycles. The first kappa shape index (κ1) is 16.7. The quantitative estimate of drug-likeness (QED) is 0.719. The molecule has 3 rings (SSSR count). The number of nitriles is 1. The third kappa shape index (κ3) is 3.53. The van der Waals surface area contributed by atoms with Crippen LogP contribution in [-0.4, -0.2) is 14.6 Å². The molecule has 0 aliphatic carbocycles. The summed E-state index contributed by atoms with van der Waals surface area (Å²) in [6, 6.07) is 10.1. The van der Waals surface area contributed by atoms with E-state index in [-0.39, 0.29) is 0 Å². The molecule has 1 N–H and O–H groups in total. The van der Waals surface area contributed by atoms with Crippen molar-refractivity contribution < 1.29 is 0 Å². The molecule has 0 bridgehead atoms. The van der Waals surface area contributed by atoms with E-state index in [2.05, 4.69) is 48.0 Å². The number of fused-ring (bicyclic) bond motifs is 1. The lowest BCUT2D eigenvalue weighted by Gasteiger charge is -2.08. The zero-order chi connectivity index (χ0) is 17.8. The number of hydrogen-bond acceptors (Lipinski definition) is 4. The van der Waals surface area contributed by atoms with Crippen LogP contribution in [0, 0.1) is 11.3 Å². The zero-order valence-corrected chi connectivity index (χ0v) is 14.6. The molecule has 0 amide bonds. The number of allylic oxidation sites excluding steroid dienone is 1. The highest BCUT2D eigenvalue weighted by molar-refractivity contribution is 5.73. The molecule has 0 saturated heterocycles. The van der Waals surface area contributed by atoms with Gasteiger partial charge in [-0.15, -0.1) is 0 Å². The van der Waals surface area contributed by atoms with Gasteiger partial charge in [0.1, 0.15) is 11.8 Å². The van der Waals surface area contributed by atoms with Gasteiger partial charge in [-0.05, 0) is 47.7 Å². The van der Waals surface area contributed by atoms with Gasteiger partial charge in [0.05, 0.1) is 5.52 Å². The number of anilines is 1. The molecule has 25 heavy (non-hydrogen) atoms. The molecular formula is C20H21N5. The maximum atomic E-state index is 9.13. The van der Waals surface area contributed by atoms with Gasteiger partial charge in [0.25, 0.3) is 0 Å². The zero-order valence-electron chi connectivity index (χ0n) is 14.6. The third-order valence-electron chi connectivity index (χ3n) is 4.11. The molecule has 3 aromatic rings. The fourth-order valence-corrected chi connectivity index (χ4v) is 2.86. The molecule has 0 aliphatic heterocycles. The maximum absolute atomic E-state index is 9.13. The lowest BCUT2D eigenvalue weighted by Crippen LogP contribution is -1.98. The summed E-state index contributed by atoms with van der Waals surface area (Å²) < 4.78 is 1.84. The largest absolute Gasteiger partial charge is 0.343 e. The van der Waals surface area contributed by atoms with E-state index >= 15 is 0 Å². The average Bonchev–Trinajstić information content (AvgIpc) is 3.02. The molecule has 3 heterocycles. The number of nitrogens with one attached hydrogen (secondary N) is 1. The fourth-order valence-electron chi connectivity index (χ4n) is 2.86. The Hall–Kier alpha value is -3.13. The predicted octanol–water partition coefficient (Wildman–Crippen LogP) is 4.56. The summed E-state index contributed by atoms with van der Waals surface area (Å²) in [5.74, 6) is 0.791. The van der Waals surface area contributed by atoms with Gasteiger partial charge in [-0.25, -0.2) is 9.50 Å². The van der Waals surface area contributed by atoms with Crippen LogP contribution in [0.15, 0.2) is 48.9 Å². The van der Waals surface area contributed by atoms with Gasteiger partial charge >= 0.3 is 0 Å². The van der Waals surface area contributed by atoms with Crippen molar-refractivity contribution in [3.63, 3.8) is 0 Å². The normalized spacial score (nSPS) is 10.6. The SMILES string of the molecule is C=C(CCC)Nc1cc2cc(-c3cc(C#N)ncc3CC)ccn2n1. The number of aryl methyl sites for hydroxylation is 1. The van der Waals surface area contributed by atoms with Gasteiger partial charge < -0.3 is 5.32 Å². The first-order valence-corrected chi connectivity index (χ1v) is 8.48. The molecule has 0 atom stereocenters. The van der Waals surface area contributed by atoms with E-state index in [4.69, 9.17) is 5.26 Å². The molecule has 0 radical (unpaired) electrons. The van der Waals surface area contributed by atoms with Crippen molar-refractivity contribution >= 4 is 11.3 Å². The van der Waals surface area contributed by atoms with Gasteiger partial charge in [0, 0.05) is 24.2 Å². The average molecular weight is 331 g/mol. The van der Waals surface area contributed by atoms with Crippen molar-refractivity contribution in [2.45, 2.75) is 33.1 Å². The minimum atomic E-state index is 0.429. The van der Waals surface area contributed by atoms with E-state index in [9.17, 15) is 0 Å². The summed E-state index contributed by atoms with van der Waals surface area (Å²) in [5.41, 5.74) is 5.61. The molecule has 126 valence electrons. The number of aromatic nitrogens is 3. The Morgan fingerprint density at radius 1 is 1.32 bits per heavy atom. The third-order valence-corrected chi connectivity index (χ3v) is 4.11. The van der Waals surface area contributed by atoms with E-state index in [1.807, 2.05) is 28.9 Å². The van der Waals surface area contributed by atoms with Crippen LogP contribution in [0.4, 0.5) is 5.82 Å². The molecular weight excluding hydrogens is 310 g/mol. The lowest BCUT2D eigenvalue weighted by molar-refractivity contribution is 0.903. The summed E-state index contributed by atoms with van der Waals surface area (Å²) in [5, 5.41) is 16.9. The Bertz CT molecular complexity index is 962. The van der Waals surface area contributed by atoms with Gasteiger partial charge in [-0.2, -0.15) is 10.4 Å². The van der Waals surface area contributed by atoms with Crippen molar-refractivity contribution in [1.82, 2.24) is 14.6 Å². The van der Waals surface area contributed by atoms with Gasteiger partial charge in [-0.3, -0.25) is 0 Å². The van der Waals surface area contributed by atoms with Crippen molar-refractivity contribution in [1.29, 1.82) is 5.26 Å². The minimum absolute atomic E-state index is 0.429. The highest BCUT2D eigenvalue weighted by Crippen LogP contribution is 2.26. The second kappa shape index (κ2) is 7.18. The topological polar surface area (TPSA) is 66.0 Å². The maximum Gasteiger partial charge on any atom is 0.153 e. The number of pyridine rings is 2. The smallest absolute Gasteiger partial charge is 0.153 e. The van der Waals surface area contributed by atoms with Crippen LogP contribution in [-0.2, 0) is 6.42 Å². The summed E-state index contributed by atoms with van der Waals surface area (Å²) in [7, 11) is 0. The number of hydrogen-bond donors (Lipinski definition) is 1. The Labute approximate surface area is 147 Å². The standard InChI is InChI=1S/C20H21N5/c1-4-6-14(3)23-20-11-18-9-16(7-8-25(18)24-20)19-10-17(12-21)22-13-15(19)5-2/h7-11,13H,3-6H2,1-2H3,(H,23,24). The molecule has 0 saturated carbocycles. The van der Waals surface area contributed by atoms with Crippen LogP contribution >= 0.6 is 0 Å². The van der Waals surface area contributed by atoms with Crippen LogP contribution in [0.2, 0.25) is 0 Å². The van der Waals surface area contributed by atoms with Crippen LogP contribution < -0.4 is 5.32 Å². The van der Waals surface area contributed by atoms with Gasteiger partial charge in [0.15, 0.2) is 5.82 Å². The highest BCUT2D eigenvalue weighted by Gasteiger charge is 2.09. The molecule has 0 unspecified atom stereocenters. The van der Waals surface area contributed by atoms with E-state index in [1.165, 1.54) is 0 Å². The van der Waals surface area contributed by atoms with Crippen molar-refractivity contribution in [2.75, 3.05) is 5.32 Å².